The molecule has 0 aliphatic rings. The number of benzene rings is 1. The second kappa shape index (κ2) is 8.38. The lowest BCUT2D eigenvalue weighted by Gasteiger charge is -2.23. The van der Waals surface area contributed by atoms with E-state index in [4.69, 9.17) is 10.5 Å². The molecule has 6 heteroatoms. The highest BCUT2D eigenvalue weighted by molar-refractivity contribution is 5.97. The van der Waals surface area contributed by atoms with E-state index in [-0.39, 0.29) is 18.4 Å². The van der Waals surface area contributed by atoms with Gasteiger partial charge in [0, 0.05) is 18.3 Å². The minimum atomic E-state index is -0.910. The molecule has 0 bridgehead atoms. The van der Waals surface area contributed by atoms with Crippen LogP contribution in [0.25, 0.3) is 0 Å². The number of nitrogens with one attached hydrogen (secondary N) is 2. The predicted molar refractivity (Wildman–Crippen MR) is 86.8 cm³/mol. The van der Waals surface area contributed by atoms with Crippen molar-refractivity contribution in [1.82, 2.24) is 5.32 Å². The van der Waals surface area contributed by atoms with Crippen LogP contribution in [0.1, 0.15) is 33.6 Å². The summed E-state index contributed by atoms with van der Waals surface area (Å²) >= 11 is 0. The second-order valence-electron chi connectivity index (χ2n) is 5.39. The van der Waals surface area contributed by atoms with Gasteiger partial charge < -0.3 is 21.1 Å². The van der Waals surface area contributed by atoms with Crippen molar-refractivity contribution >= 4 is 17.5 Å². The van der Waals surface area contributed by atoms with Gasteiger partial charge in [0.25, 0.3) is 5.91 Å². The number of ether oxygens (including phenoxy) is 1. The lowest BCUT2D eigenvalue weighted by Crippen LogP contribution is -2.48. The zero-order chi connectivity index (χ0) is 16.6. The maximum atomic E-state index is 12.1. The molecule has 1 rings (SSSR count). The molecule has 0 spiro atoms. The second-order valence-corrected chi connectivity index (χ2v) is 5.39. The SMILES string of the molecule is CCCC(C)(N)C(=O)Nc1cccc(OCC(=O)NCC)c1. The highest BCUT2D eigenvalue weighted by Gasteiger charge is 2.27. The zero-order valence-electron chi connectivity index (χ0n) is 13.4. The van der Waals surface area contributed by atoms with E-state index in [0.29, 0.717) is 24.4 Å². The van der Waals surface area contributed by atoms with E-state index in [9.17, 15) is 9.59 Å². The maximum absolute atomic E-state index is 12.1. The molecule has 6 nitrogen and oxygen atoms in total. The average Bonchev–Trinajstić information content (AvgIpc) is 2.46. The minimum Gasteiger partial charge on any atom is -0.484 e. The van der Waals surface area contributed by atoms with Crippen LogP contribution in [0.4, 0.5) is 5.69 Å². The van der Waals surface area contributed by atoms with Gasteiger partial charge in [0.2, 0.25) is 5.91 Å². The number of nitrogens with two attached hydrogens (primary N) is 1. The molecule has 122 valence electrons. The molecule has 1 aromatic rings. The summed E-state index contributed by atoms with van der Waals surface area (Å²) in [4.78, 5) is 23.5. The van der Waals surface area contributed by atoms with Crippen LogP contribution in [0.2, 0.25) is 0 Å². The van der Waals surface area contributed by atoms with Gasteiger partial charge in [-0.3, -0.25) is 9.59 Å². The summed E-state index contributed by atoms with van der Waals surface area (Å²) in [5, 5.41) is 5.42. The molecule has 22 heavy (non-hydrogen) atoms. The molecule has 0 saturated heterocycles. The van der Waals surface area contributed by atoms with Crippen LogP contribution < -0.4 is 21.1 Å². The van der Waals surface area contributed by atoms with E-state index in [1.165, 1.54) is 0 Å². The average molecular weight is 307 g/mol. The van der Waals surface area contributed by atoms with Gasteiger partial charge in [-0.2, -0.15) is 0 Å². The topological polar surface area (TPSA) is 93.5 Å². The van der Waals surface area contributed by atoms with Gasteiger partial charge in [-0.05, 0) is 32.4 Å². The summed E-state index contributed by atoms with van der Waals surface area (Å²) in [7, 11) is 0. The van der Waals surface area contributed by atoms with Crippen molar-refractivity contribution in [3.05, 3.63) is 24.3 Å². The summed E-state index contributed by atoms with van der Waals surface area (Å²) in [6.45, 7) is 6.03. The summed E-state index contributed by atoms with van der Waals surface area (Å²) in [6.07, 6.45) is 1.43. The van der Waals surface area contributed by atoms with Crippen molar-refractivity contribution in [2.24, 2.45) is 5.73 Å². The standard InChI is InChI=1S/C16H25N3O3/c1-4-9-16(3,17)15(21)19-12-7-6-8-13(10-12)22-11-14(20)18-5-2/h6-8,10H,4-5,9,11,17H2,1-3H3,(H,18,20)(H,19,21). The van der Waals surface area contributed by atoms with Crippen LogP contribution in [-0.4, -0.2) is 30.5 Å². The molecular weight excluding hydrogens is 282 g/mol. The van der Waals surface area contributed by atoms with Crippen molar-refractivity contribution in [1.29, 1.82) is 0 Å². The van der Waals surface area contributed by atoms with Crippen LogP contribution in [0.3, 0.4) is 0 Å². The Labute approximate surface area is 131 Å². The molecule has 0 heterocycles. The molecule has 0 aliphatic heterocycles. The zero-order valence-corrected chi connectivity index (χ0v) is 13.4. The molecule has 0 saturated carbocycles. The summed E-state index contributed by atoms with van der Waals surface area (Å²) in [6, 6.07) is 6.89. The number of carbonyl (C=O) groups excluding carboxylic acids is 2. The van der Waals surface area contributed by atoms with Crippen LogP contribution in [0.15, 0.2) is 24.3 Å². The molecule has 0 fully saturated rings. The fourth-order valence-corrected chi connectivity index (χ4v) is 1.97. The lowest BCUT2D eigenvalue weighted by atomic mass is 9.96. The Morgan fingerprint density at radius 1 is 1.32 bits per heavy atom. The quantitative estimate of drug-likeness (QED) is 0.681. The Bertz CT molecular complexity index is 515. The van der Waals surface area contributed by atoms with E-state index < -0.39 is 5.54 Å². The first-order valence-corrected chi connectivity index (χ1v) is 7.49. The Kier molecular flexibility index (Phi) is 6.85. The number of carbonyl (C=O) groups is 2. The molecule has 4 N–H and O–H groups in total. The first kappa shape index (κ1) is 18.0. The monoisotopic (exact) mass is 307 g/mol. The number of rotatable bonds is 8. The number of anilines is 1. The normalized spacial score (nSPS) is 13.1. The third-order valence-electron chi connectivity index (χ3n) is 3.12. The van der Waals surface area contributed by atoms with Crippen LogP contribution in [0, 0.1) is 0 Å². The fraction of sp³-hybridized carbons (Fsp3) is 0.500. The van der Waals surface area contributed by atoms with Crippen LogP contribution in [-0.2, 0) is 9.59 Å². The third-order valence-corrected chi connectivity index (χ3v) is 3.12. The lowest BCUT2D eigenvalue weighted by molar-refractivity contribution is -0.123. The molecular formula is C16H25N3O3. The van der Waals surface area contributed by atoms with Crippen molar-refractivity contribution in [3.63, 3.8) is 0 Å². The molecule has 0 aliphatic carbocycles. The largest absolute Gasteiger partial charge is 0.484 e. The van der Waals surface area contributed by atoms with Gasteiger partial charge in [-0.25, -0.2) is 0 Å². The van der Waals surface area contributed by atoms with Gasteiger partial charge in [-0.1, -0.05) is 19.4 Å². The number of hydrogen-bond acceptors (Lipinski definition) is 4. The van der Waals surface area contributed by atoms with Crippen molar-refractivity contribution < 1.29 is 14.3 Å². The van der Waals surface area contributed by atoms with Gasteiger partial charge >= 0.3 is 0 Å². The summed E-state index contributed by atoms with van der Waals surface area (Å²) in [5.41, 5.74) is 5.67. The van der Waals surface area contributed by atoms with Crippen LogP contribution >= 0.6 is 0 Å². The van der Waals surface area contributed by atoms with Gasteiger partial charge in [0.05, 0.1) is 5.54 Å². The van der Waals surface area contributed by atoms with Gasteiger partial charge in [-0.15, -0.1) is 0 Å². The fourth-order valence-electron chi connectivity index (χ4n) is 1.97. The third kappa shape index (κ3) is 5.73. The van der Waals surface area contributed by atoms with E-state index >= 15 is 0 Å². The van der Waals surface area contributed by atoms with Crippen molar-refractivity contribution in [2.45, 2.75) is 39.2 Å². The number of amides is 2. The van der Waals surface area contributed by atoms with E-state index in [0.717, 1.165) is 6.42 Å². The molecule has 1 aromatic carbocycles. The van der Waals surface area contributed by atoms with E-state index in [1.54, 1.807) is 31.2 Å². The molecule has 1 atom stereocenters. The molecule has 0 radical (unpaired) electrons. The maximum Gasteiger partial charge on any atom is 0.257 e. The first-order chi connectivity index (χ1) is 10.4. The van der Waals surface area contributed by atoms with E-state index in [2.05, 4.69) is 10.6 Å². The van der Waals surface area contributed by atoms with Gasteiger partial charge in [0.15, 0.2) is 6.61 Å². The Balaban J connectivity index is 2.64. The minimum absolute atomic E-state index is 0.0598. The smallest absolute Gasteiger partial charge is 0.257 e. The Morgan fingerprint density at radius 3 is 2.68 bits per heavy atom. The predicted octanol–water partition coefficient (Wildman–Crippen LogP) is 1.66. The summed E-state index contributed by atoms with van der Waals surface area (Å²) < 4.78 is 5.38. The van der Waals surface area contributed by atoms with Crippen molar-refractivity contribution in [2.75, 3.05) is 18.5 Å². The van der Waals surface area contributed by atoms with E-state index in [1.807, 2.05) is 13.8 Å². The number of hydrogen-bond donors (Lipinski definition) is 3. The number of likely N-dealkylation sites (N-methyl/N-ethyl adjacent to an activating group) is 1. The van der Waals surface area contributed by atoms with Crippen LogP contribution in [0.5, 0.6) is 5.75 Å². The summed E-state index contributed by atoms with van der Waals surface area (Å²) in [5.74, 6) is 0.0860. The first-order valence-electron chi connectivity index (χ1n) is 7.49. The Morgan fingerprint density at radius 2 is 2.05 bits per heavy atom. The molecule has 1 unspecified atom stereocenters. The molecule has 0 aromatic heterocycles. The Hall–Kier alpha value is -2.08. The highest BCUT2D eigenvalue weighted by atomic mass is 16.5. The molecule has 2 amide bonds. The highest BCUT2D eigenvalue weighted by Crippen LogP contribution is 2.19. The van der Waals surface area contributed by atoms with Gasteiger partial charge in [0.1, 0.15) is 5.75 Å². The van der Waals surface area contributed by atoms with Crippen molar-refractivity contribution in [3.8, 4) is 5.75 Å².